The summed E-state index contributed by atoms with van der Waals surface area (Å²) in [5.74, 6) is 0. The third-order valence-electron chi connectivity index (χ3n) is 2.53. The van der Waals surface area contributed by atoms with Gasteiger partial charge in [0.1, 0.15) is 0 Å². The van der Waals surface area contributed by atoms with Gasteiger partial charge in [-0.25, -0.2) is 4.98 Å². The van der Waals surface area contributed by atoms with E-state index in [0.717, 1.165) is 16.7 Å². The van der Waals surface area contributed by atoms with Crippen molar-refractivity contribution in [1.82, 2.24) is 14.9 Å². The standard InChI is InChI=1S/C13H16BrN3/c1-10(2)16-8-11-3-4-12(14)7-13(11)17-6-5-15-9-17/h3-7,9-10,16H,8H2,1-2H3. The number of rotatable bonds is 4. The maximum absolute atomic E-state index is 4.09. The van der Waals surface area contributed by atoms with Crippen molar-refractivity contribution in [3.8, 4) is 5.69 Å². The van der Waals surface area contributed by atoms with Gasteiger partial charge in [-0.15, -0.1) is 0 Å². The van der Waals surface area contributed by atoms with Crippen LogP contribution >= 0.6 is 15.9 Å². The zero-order valence-corrected chi connectivity index (χ0v) is 11.6. The Balaban J connectivity index is 2.31. The molecule has 0 saturated carbocycles. The highest BCUT2D eigenvalue weighted by molar-refractivity contribution is 9.10. The topological polar surface area (TPSA) is 29.9 Å². The molecule has 0 aliphatic rings. The van der Waals surface area contributed by atoms with Gasteiger partial charge in [0.2, 0.25) is 0 Å². The Bertz CT molecular complexity index is 477. The predicted octanol–water partition coefficient (Wildman–Crippen LogP) is 3.13. The molecule has 4 heteroatoms. The molecule has 0 unspecified atom stereocenters. The van der Waals surface area contributed by atoms with Gasteiger partial charge in [-0.05, 0) is 17.7 Å². The summed E-state index contributed by atoms with van der Waals surface area (Å²) in [6, 6.07) is 6.79. The lowest BCUT2D eigenvalue weighted by Gasteiger charge is -2.13. The predicted molar refractivity (Wildman–Crippen MR) is 73.2 cm³/mol. The molecule has 90 valence electrons. The molecule has 0 radical (unpaired) electrons. The molecular formula is C13H16BrN3. The largest absolute Gasteiger partial charge is 0.310 e. The van der Waals surface area contributed by atoms with Crippen molar-refractivity contribution in [2.24, 2.45) is 0 Å². The second-order valence-electron chi connectivity index (χ2n) is 4.28. The molecule has 0 amide bonds. The van der Waals surface area contributed by atoms with Gasteiger partial charge < -0.3 is 9.88 Å². The molecule has 3 nitrogen and oxygen atoms in total. The molecule has 0 aliphatic heterocycles. The van der Waals surface area contributed by atoms with Crippen LogP contribution in [0.3, 0.4) is 0 Å². The molecule has 1 aromatic heterocycles. The minimum absolute atomic E-state index is 0.481. The van der Waals surface area contributed by atoms with E-state index in [1.807, 2.05) is 17.1 Å². The monoisotopic (exact) mass is 293 g/mol. The van der Waals surface area contributed by atoms with E-state index in [0.29, 0.717) is 6.04 Å². The molecular weight excluding hydrogens is 278 g/mol. The highest BCUT2D eigenvalue weighted by Gasteiger charge is 2.05. The van der Waals surface area contributed by atoms with Crippen LogP contribution in [0.2, 0.25) is 0 Å². The normalized spacial score (nSPS) is 11.1. The molecule has 1 heterocycles. The van der Waals surface area contributed by atoms with Crippen LogP contribution in [0.25, 0.3) is 5.69 Å². The van der Waals surface area contributed by atoms with Crippen LogP contribution in [0.1, 0.15) is 19.4 Å². The summed E-state index contributed by atoms with van der Waals surface area (Å²) in [5, 5.41) is 3.43. The van der Waals surface area contributed by atoms with E-state index >= 15 is 0 Å². The van der Waals surface area contributed by atoms with Gasteiger partial charge in [0.25, 0.3) is 0 Å². The minimum Gasteiger partial charge on any atom is -0.310 e. The zero-order chi connectivity index (χ0) is 12.3. The minimum atomic E-state index is 0.481. The number of nitrogens with zero attached hydrogens (tertiary/aromatic N) is 2. The summed E-state index contributed by atoms with van der Waals surface area (Å²) >= 11 is 3.51. The first-order chi connectivity index (χ1) is 8.16. The third kappa shape index (κ3) is 3.17. The number of nitrogens with one attached hydrogen (secondary N) is 1. The highest BCUT2D eigenvalue weighted by Crippen LogP contribution is 2.20. The molecule has 17 heavy (non-hydrogen) atoms. The smallest absolute Gasteiger partial charge is 0.0991 e. The Labute approximate surface area is 110 Å². The maximum Gasteiger partial charge on any atom is 0.0991 e. The molecule has 2 aromatic rings. The molecule has 0 saturated heterocycles. The Kier molecular flexibility index (Phi) is 3.97. The maximum atomic E-state index is 4.09. The van der Waals surface area contributed by atoms with Gasteiger partial charge in [-0.2, -0.15) is 0 Å². The quantitative estimate of drug-likeness (QED) is 0.939. The zero-order valence-electron chi connectivity index (χ0n) is 10.0. The molecule has 1 aromatic carbocycles. The van der Waals surface area contributed by atoms with Crippen LogP contribution in [0.5, 0.6) is 0 Å². The van der Waals surface area contributed by atoms with E-state index in [2.05, 4.69) is 58.3 Å². The van der Waals surface area contributed by atoms with Gasteiger partial charge in [0.05, 0.1) is 12.0 Å². The second kappa shape index (κ2) is 5.47. The molecule has 1 N–H and O–H groups in total. The second-order valence-corrected chi connectivity index (χ2v) is 5.19. The van der Waals surface area contributed by atoms with Gasteiger partial charge in [0, 0.05) is 29.5 Å². The molecule has 2 rings (SSSR count). The van der Waals surface area contributed by atoms with Crippen LogP contribution in [0.4, 0.5) is 0 Å². The van der Waals surface area contributed by atoms with E-state index in [-0.39, 0.29) is 0 Å². The van der Waals surface area contributed by atoms with Crippen LogP contribution in [-0.2, 0) is 6.54 Å². The Hall–Kier alpha value is -1.13. The van der Waals surface area contributed by atoms with Crippen molar-refractivity contribution < 1.29 is 0 Å². The van der Waals surface area contributed by atoms with Crippen molar-refractivity contribution in [2.75, 3.05) is 0 Å². The number of imidazole rings is 1. The van der Waals surface area contributed by atoms with Gasteiger partial charge in [-0.3, -0.25) is 0 Å². The van der Waals surface area contributed by atoms with Gasteiger partial charge >= 0.3 is 0 Å². The van der Waals surface area contributed by atoms with Crippen molar-refractivity contribution in [1.29, 1.82) is 0 Å². The first kappa shape index (κ1) is 12.3. The lowest BCUT2D eigenvalue weighted by Crippen LogP contribution is -2.22. The molecule has 0 atom stereocenters. The van der Waals surface area contributed by atoms with Crippen LogP contribution in [0.15, 0.2) is 41.4 Å². The Morgan fingerprint density at radius 2 is 2.24 bits per heavy atom. The summed E-state index contributed by atoms with van der Waals surface area (Å²) in [7, 11) is 0. The average Bonchev–Trinajstić information content (AvgIpc) is 2.80. The molecule has 0 spiro atoms. The number of aromatic nitrogens is 2. The van der Waals surface area contributed by atoms with Crippen molar-refractivity contribution in [3.63, 3.8) is 0 Å². The van der Waals surface area contributed by atoms with Gasteiger partial charge in [-0.1, -0.05) is 35.8 Å². The lowest BCUT2D eigenvalue weighted by atomic mass is 10.1. The Morgan fingerprint density at radius 3 is 2.88 bits per heavy atom. The van der Waals surface area contributed by atoms with E-state index in [9.17, 15) is 0 Å². The number of halogens is 1. The van der Waals surface area contributed by atoms with E-state index in [4.69, 9.17) is 0 Å². The van der Waals surface area contributed by atoms with Crippen LogP contribution < -0.4 is 5.32 Å². The molecule has 0 fully saturated rings. The highest BCUT2D eigenvalue weighted by atomic mass is 79.9. The fourth-order valence-corrected chi connectivity index (χ4v) is 1.99. The molecule has 0 aliphatic carbocycles. The number of hydrogen-bond acceptors (Lipinski definition) is 2. The molecule has 0 bridgehead atoms. The number of hydrogen-bond donors (Lipinski definition) is 1. The summed E-state index contributed by atoms with van der Waals surface area (Å²) < 4.78 is 3.11. The fourth-order valence-electron chi connectivity index (χ4n) is 1.64. The van der Waals surface area contributed by atoms with Crippen LogP contribution in [0, 0.1) is 0 Å². The van der Waals surface area contributed by atoms with Crippen molar-refractivity contribution in [3.05, 3.63) is 47.0 Å². The van der Waals surface area contributed by atoms with Crippen molar-refractivity contribution in [2.45, 2.75) is 26.4 Å². The summed E-state index contributed by atoms with van der Waals surface area (Å²) in [4.78, 5) is 4.09. The lowest BCUT2D eigenvalue weighted by molar-refractivity contribution is 0.587. The van der Waals surface area contributed by atoms with E-state index in [1.54, 1.807) is 6.20 Å². The summed E-state index contributed by atoms with van der Waals surface area (Å²) in [6.45, 7) is 5.16. The van der Waals surface area contributed by atoms with Gasteiger partial charge in [0.15, 0.2) is 0 Å². The first-order valence-electron chi connectivity index (χ1n) is 5.67. The van der Waals surface area contributed by atoms with E-state index < -0.39 is 0 Å². The third-order valence-corrected chi connectivity index (χ3v) is 3.02. The SMILES string of the molecule is CC(C)NCc1ccc(Br)cc1-n1ccnc1. The average molecular weight is 294 g/mol. The Morgan fingerprint density at radius 1 is 1.41 bits per heavy atom. The fraction of sp³-hybridized carbons (Fsp3) is 0.308. The van der Waals surface area contributed by atoms with Crippen LogP contribution in [-0.4, -0.2) is 15.6 Å². The van der Waals surface area contributed by atoms with Crippen molar-refractivity contribution >= 4 is 15.9 Å². The number of benzene rings is 1. The summed E-state index contributed by atoms with van der Waals surface area (Å²) in [5.41, 5.74) is 2.42. The first-order valence-corrected chi connectivity index (χ1v) is 6.46. The summed E-state index contributed by atoms with van der Waals surface area (Å²) in [6.07, 6.45) is 5.57. The van der Waals surface area contributed by atoms with E-state index in [1.165, 1.54) is 5.56 Å².